The van der Waals surface area contributed by atoms with Crippen LogP contribution in [0.4, 0.5) is 0 Å². The number of benzene rings is 1. The topological polar surface area (TPSA) is 77.9 Å². The van der Waals surface area contributed by atoms with Crippen molar-refractivity contribution in [1.82, 2.24) is 8.61 Å². The van der Waals surface area contributed by atoms with Crippen molar-refractivity contribution >= 4 is 16.2 Å². The van der Waals surface area contributed by atoms with E-state index in [4.69, 9.17) is 5.11 Å². The van der Waals surface area contributed by atoms with Crippen molar-refractivity contribution in [2.24, 2.45) is 5.92 Å². The Labute approximate surface area is 124 Å². The van der Waals surface area contributed by atoms with Crippen LogP contribution < -0.4 is 0 Å². The Kier molecular flexibility index (Phi) is 3.73. The minimum Gasteiger partial charge on any atom is -0.481 e. The third-order valence-electron chi connectivity index (χ3n) is 4.20. The number of carbonyl (C=O) groups is 1. The maximum absolute atomic E-state index is 12.7. The highest BCUT2D eigenvalue weighted by Gasteiger charge is 2.38. The molecule has 1 N–H and O–H groups in total. The molecular formula is C14H18N2O4S. The van der Waals surface area contributed by atoms with Crippen molar-refractivity contribution in [3.8, 4) is 0 Å². The summed E-state index contributed by atoms with van der Waals surface area (Å²) in [6.07, 6.45) is 1.14. The van der Waals surface area contributed by atoms with E-state index in [2.05, 4.69) is 0 Å². The van der Waals surface area contributed by atoms with E-state index in [9.17, 15) is 13.2 Å². The number of hydrogen-bond donors (Lipinski definition) is 1. The normalized spacial score (nSPS) is 23.9. The summed E-state index contributed by atoms with van der Waals surface area (Å²) in [5, 5.41) is 9.09. The molecule has 21 heavy (non-hydrogen) atoms. The molecule has 2 aliphatic heterocycles. The third-order valence-corrected chi connectivity index (χ3v) is 6.09. The molecule has 7 heteroatoms. The number of carboxylic acids is 1. The molecule has 0 amide bonds. The summed E-state index contributed by atoms with van der Waals surface area (Å²) in [5.74, 6) is -1.52. The Balaban J connectivity index is 1.77. The first-order valence-corrected chi connectivity index (χ1v) is 8.43. The van der Waals surface area contributed by atoms with Crippen LogP contribution in [0.3, 0.4) is 0 Å². The molecule has 114 valence electrons. The average Bonchev–Trinajstić information content (AvgIpc) is 2.92. The van der Waals surface area contributed by atoms with Crippen LogP contribution in [0.2, 0.25) is 0 Å². The van der Waals surface area contributed by atoms with Crippen LogP contribution in [0, 0.1) is 5.92 Å². The minimum absolute atomic E-state index is 0.0739. The summed E-state index contributed by atoms with van der Waals surface area (Å²) < 4.78 is 28.1. The Bertz CT molecular complexity index is 634. The largest absolute Gasteiger partial charge is 0.481 e. The molecule has 0 radical (unpaired) electrons. The lowest BCUT2D eigenvalue weighted by molar-refractivity contribution is -0.142. The van der Waals surface area contributed by atoms with Gasteiger partial charge in [-0.15, -0.1) is 0 Å². The van der Waals surface area contributed by atoms with Crippen molar-refractivity contribution in [3.05, 3.63) is 35.4 Å². The van der Waals surface area contributed by atoms with Gasteiger partial charge in [-0.3, -0.25) is 4.79 Å². The van der Waals surface area contributed by atoms with Gasteiger partial charge in [-0.2, -0.15) is 17.0 Å². The molecule has 0 spiro atoms. The van der Waals surface area contributed by atoms with Crippen molar-refractivity contribution in [2.75, 3.05) is 13.1 Å². The van der Waals surface area contributed by atoms with Gasteiger partial charge in [0.25, 0.3) is 10.2 Å². The van der Waals surface area contributed by atoms with Gasteiger partial charge in [0.1, 0.15) is 0 Å². The number of hydrogen-bond acceptors (Lipinski definition) is 3. The first-order valence-electron chi connectivity index (χ1n) is 7.03. The van der Waals surface area contributed by atoms with Crippen LogP contribution in [-0.2, 0) is 28.1 Å². The predicted molar refractivity (Wildman–Crippen MR) is 76.5 cm³/mol. The second-order valence-corrected chi connectivity index (χ2v) is 7.51. The van der Waals surface area contributed by atoms with Gasteiger partial charge in [-0.05, 0) is 24.0 Å². The van der Waals surface area contributed by atoms with Gasteiger partial charge in [0, 0.05) is 26.2 Å². The molecule has 0 aromatic heterocycles. The van der Waals surface area contributed by atoms with E-state index in [0.717, 1.165) is 11.1 Å². The van der Waals surface area contributed by atoms with E-state index >= 15 is 0 Å². The highest BCUT2D eigenvalue weighted by atomic mass is 32.2. The Morgan fingerprint density at radius 2 is 1.76 bits per heavy atom. The van der Waals surface area contributed by atoms with Crippen molar-refractivity contribution in [3.63, 3.8) is 0 Å². The SMILES string of the molecule is O=C(O)C1CCCN(S(=O)(=O)N2Cc3ccccc3C2)C1. The van der Waals surface area contributed by atoms with E-state index < -0.39 is 22.1 Å². The van der Waals surface area contributed by atoms with Gasteiger partial charge in [-0.25, -0.2) is 0 Å². The molecule has 1 unspecified atom stereocenters. The highest BCUT2D eigenvalue weighted by molar-refractivity contribution is 7.86. The summed E-state index contributed by atoms with van der Waals surface area (Å²) in [4.78, 5) is 11.1. The van der Waals surface area contributed by atoms with E-state index in [1.807, 2.05) is 24.3 Å². The number of rotatable bonds is 3. The number of aliphatic carboxylic acids is 1. The summed E-state index contributed by atoms with van der Waals surface area (Å²) in [5.41, 5.74) is 2.04. The predicted octanol–water partition coefficient (Wildman–Crippen LogP) is 1.04. The Hall–Kier alpha value is -1.44. The molecule has 1 aromatic carbocycles. The van der Waals surface area contributed by atoms with E-state index in [-0.39, 0.29) is 6.54 Å². The molecule has 0 saturated carbocycles. The third kappa shape index (κ3) is 2.68. The van der Waals surface area contributed by atoms with Crippen LogP contribution in [0.25, 0.3) is 0 Å². The van der Waals surface area contributed by atoms with E-state index in [0.29, 0.717) is 32.5 Å². The average molecular weight is 310 g/mol. The summed E-state index contributed by atoms with van der Waals surface area (Å²) in [6.45, 7) is 1.21. The molecule has 2 heterocycles. The monoisotopic (exact) mass is 310 g/mol. The number of carboxylic acid groups (broad SMARTS) is 1. The van der Waals surface area contributed by atoms with Gasteiger partial charge in [0.15, 0.2) is 0 Å². The Morgan fingerprint density at radius 1 is 1.14 bits per heavy atom. The lowest BCUT2D eigenvalue weighted by Gasteiger charge is -2.32. The zero-order valence-corrected chi connectivity index (χ0v) is 12.4. The summed E-state index contributed by atoms with van der Waals surface area (Å²) in [6, 6.07) is 7.66. The number of nitrogens with zero attached hydrogens (tertiary/aromatic N) is 2. The van der Waals surface area contributed by atoms with Crippen molar-refractivity contribution in [2.45, 2.75) is 25.9 Å². The van der Waals surface area contributed by atoms with Crippen LogP contribution in [0.5, 0.6) is 0 Å². The lowest BCUT2D eigenvalue weighted by Crippen LogP contribution is -2.47. The number of fused-ring (bicyclic) bond motifs is 1. The maximum atomic E-state index is 12.7. The smallest absolute Gasteiger partial charge is 0.307 e. The fourth-order valence-corrected chi connectivity index (χ4v) is 4.64. The Morgan fingerprint density at radius 3 is 2.33 bits per heavy atom. The van der Waals surface area contributed by atoms with Crippen LogP contribution in [-0.4, -0.2) is 41.2 Å². The molecule has 6 nitrogen and oxygen atoms in total. The van der Waals surface area contributed by atoms with Crippen LogP contribution >= 0.6 is 0 Å². The van der Waals surface area contributed by atoms with Gasteiger partial charge < -0.3 is 5.11 Å². The molecule has 1 atom stereocenters. The molecule has 2 aliphatic rings. The summed E-state index contributed by atoms with van der Waals surface area (Å²) >= 11 is 0. The van der Waals surface area contributed by atoms with Crippen molar-refractivity contribution < 1.29 is 18.3 Å². The summed E-state index contributed by atoms with van der Waals surface area (Å²) in [7, 11) is -3.59. The fraction of sp³-hybridized carbons (Fsp3) is 0.500. The standard InChI is InChI=1S/C14H18N2O4S/c17-14(18)13-6-3-7-15(10-13)21(19,20)16-8-11-4-1-2-5-12(11)9-16/h1-2,4-5,13H,3,6-10H2,(H,17,18). The second-order valence-electron chi connectivity index (χ2n) is 5.58. The minimum atomic E-state index is -3.59. The molecule has 1 saturated heterocycles. The molecule has 1 fully saturated rings. The van der Waals surface area contributed by atoms with Crippen molar-refractivity contribution in [1.29, 1.82) is 0 Å². The van der Waals surface area contributed by atoms with E-state index in [1.54, 1.807) is 0 Å². The first kappa shape index (κ1) is 14.5. The second kappa shape index (κ2) is 5.40. The number of piperidine rings is 1. The quantitative estimate of drug-likeness (QED) is 0.905. The fourth-order valence-electron chi connectivity index (χ4n) is 2.98. The molecular weight excluding hydrogens is 292 g/mol. The van der Waals surface area contributed by atoms with Gasteiger partial charge in [0.2, 0.25) is 0 Å². The van der Waals surface area contributed by atoms with Crippen LogP contribution in [0.15, 0.2) is 24.3 Å². The maximum Gasteiger partial charge on any atom is 0.307 e. The van der Waals surface area contributed by atoms with Crippen LogP contribution in [0.1, 0.15) is 24.0 Å². The first-order chi connectivity index (χ1) is 9.98. The molecule has 0 aliphatic carbocycles. The highest BCUT2D eigenvalue weighted by Crippen LogP contribution is 2.28. The van der Waals surface area contributed by atoms with Gasteiger partial charge in [0.05, 0.1) is 5.92 Å². The molecule has 3 rings (SSSR count). The zero-order chi connectivity index (χ0) is 15.0. The molecule has 0 bridgehead atoms. The van der Waals surface area contributed by atoms with Gasteiger partial charge >= 0.3 is 5.97 Å². The zero-order valence-electron chi connectivity index (χ0n) is 11.6. The van der Waals surface area contributed by atoms with Gasteiger partial charge in [-0.1, -0.05) is 24.3 Å². The lowest BCUT2D eigenvalue weighted by atomic mass is 10.0. The molecule has 1 aromatic rings. The van der Waals surface area contributed by atoms with E-state index in [1.165, 1.54) is 8.61 Å².